The SMILES string of the molecule is [C-]#[N+]C(C)c1cc(Br)ccc1OCC. The van der Waals surface area contributed by atoms with E-state index in [0.29, 0.717) is 6.61 Å². The van der Waals surface area contributed by atoms with E-state index in [9.17, 15) is 0 Å². The summed E-state index contributed by atoms with van der Waals surface area (Å²) in [5.41, 5.74) is 0.941. The first-order valence-corrected chi connectivity index (χ1v) is 5.27. The summed E-state index contributed by atoms with van der Waals surface area (Å²) in [6.45, 7) is 11.4. The van der Waals surface area contributed by atoms with Crippen molar-refractivity contribution in [1.29, 1.82) is 0 Å². The summed E-state index contributed by atoms with van der Waals surface area (Å²) in [4.78, 5) is 3.49. The summed E-state index contributed by atoms with van der Waals surface area (Å²) in [5, 5.41) is 0. The van der Waals surface area contributed by atoms with Crippen LogP contribution in [0.2, 0.25) is 0 Å². The standard InChI is InChI=1S/C11H12BrNO/c1-4-14-11-6-5-9(12)7-10(11)8(2)13-3/h5-8H,4H2,1-2H3. The number of nitrogens with zero attached hydrogens (tertiary/aromatic N) is 1. The summed E-state index contributed by atoms with van der Waals surface area (Å²) >= 11 is 3.39. The van der Waals surface area contributed by atoms with Crippen LogP contribution in [0.1, 0.15) is 25.5 Å². The van der Waals surface area contributed by atoms with Crippen LogP contribution in [0.3, 0.4) is 0 Å². The highest BCUT2D eigenvalue weighted by Crippen LogP contribution is 2.30. The average molecular weight is 254 g/mol. The van der Waals surface area contributed by atoms with Crippen LogP contribution in [0.4, 0.5) is 0 Å². The van der Waals surface area contributed by atoms with Gasteiger partial charge in [0, 0.05) is 11.4 Å². The van der Waals surface area contributed by atoms with E-state index in [0.717, 1.165) is 15.8 Å². The minimum Gasteiger partial charge on any atom is -0.493 e. The van der Waals surface area contributed by atoms with E-state index < -0.39 is 0 Å². The summed E-state index contributed by atoms with van der Waals surface area (Å²) in [6.07, 6.45) is 0. The molecule has 0 radical (unpaired) electrons. The van der Waals surface area contributed by atoms with Crippen molar-refractivity contribution in [3.8, 4) is 5.75 Å². The van der Waals surface area contributed by atoms with Gasteiger partial charge in [-0.1, -0.05) is 15.9 Å². The molecule has 1 aromatic rings. The zero-order valence-electron chi connectivity index (χ0n) is 8.25. The molecule has 1 rings (SSSR count). The van der Waals surface area contributed by atoms with Crippen molar-refractivity contribution in [3.63, 3.8) is 0 Å². The van der Waals surface area contributed by atoms with E-state index in [4.69, 9.17) is 11.3 Å². The average Bonchev–Trinajstić information content (AvgIpc) is 2.20. The second-order valence-electron chi connectivity index (χ2n) is 2.92. The zero-order chi connectivity index (χ0) is 10.6. The Morgan fingerprint density at radius 3 is 2.86 bits per heavy atom. The summed E-state index contributed by atoms with van der Waals surface area (Å²) in [5.74, 6) is 0.805. The summed E-state index contributed by atoms with van der Waals surface area (Å²) in [6, 6.07) is 5.60. The molecule has 0 aromatic heterocycles. The molecule has 2 nitrogen and oxygen atoms in total. The summed E-state index contributed by atoms with van der Waals surface area (Å²) in [7, 11) is 0. The van der Waals surface area contributed by atoms with E-state index >= 15 is 0 Å². The van der Waals surface area contributed by atoms with E-state index in [1.165, 1.54) is 0 Å². The van der Waals surface area contributed by atoms with Gasteiger partial charge in [0.25, 0.3) is 0 Å². The molecular weight excluding hydrogens is 242 g/mol. The fourth-order valence-corrected chi connectivity index (χ4v) is 1.58. The lowest BCUT2D eigenvalue weighted by Crippen LogP contribution is -1.97. The first-order chi connectivity index (χ1) is 6.69. The van der Waals surface area contributed by atoms with Gasteiger partial charge in [-0.3, -0.25) is 0 Å². The lowest BCUT2D eigenvalue weighted by atomic mass is 10.1. The van der Waals surface area contributed by atoms with Gasteiger partial charge in [-0.05, 0) is 25.1 Å². The highest BCUT2D eigenvalue weighted by atomic mass is 79.9. The van der Waals surface area contributed by atoms with Gasteiger partial charge in [-0.15, -0.1) is 0 Å². The number of benzene rings is 1. The van der Waals surface area contributed by atoms with Crippen molar-refractivity contribution in [2.24, 2.45) is 0 Å². The van der Waals surface area contributed by atoms with Gasteiger partial charge in [0.15, 0.2) is 0 Å². The Hall–Kier alpha value is -1.01. The van der Waals surface area contributed by atoms with Crippen LogP contribution >= 0.6 is 15.9 Å². The van der Waals surface area contributed by atoms with E-state index in [1.54, 1.807) is 0 Å². The van der Waals surface area contributed by atoms with E-state index in [1.807, 2.05) is 32.0 Å². The van der Waals surface area contributed by atoms with Crippen LogP contribution in [-0.4, -0.2) is 6.61 Å². The van der Waals surface area contributed by atoms with Crippen molar-refractivity contribution in [3.05, 3.63) is 39.7 Å². The fourth-order valence-electron chi connectivity index (χ4n) is 1.20. The zero-order valence-corrected chi connectivity index (χ0v) is 9.84. The number of ether oxygens (including phenoxy) is 1. The Balaban J connectivity index is 3.10. The van der Waals surface area contributed by atoms with Crippen LogP contribution in [0.25, 0.3) is 4.85 Å². The maximum Gasteiger partial charge on any atom is 0.249 e. The molecular formula is C11H12BrNO. The number of hydrogen-bond acceptors (Lipinski definition) is 1. The van der Waals surface area contributed by atoms with Crippen molar-refractivity contribution in [2.75, 3.05) is 6.61 Å². The molecule has 0 aliphatic heterocycles. The number of hydrogen-bond donors (Lipinski definition) is 0. The molecule has 0 spiro atoms. The Kier molecular flexibility index (Phi) is 3.97. The van der Waals surface area contributed by atoms with Gasteiger partial charge >= 0.3 is 0 Å². The van der Waals surface area contributed by atoms with Crippen LogP contribution in [0.5, 0.6) is 5.75 Å². The first kappa shape index (κ1) is 11.1. The largest absolute Gasteiger partial charge is 0.493 e. The Morgan fingerprint density at radius 1 is 1.57 bits per heavy atom. The minimum absolute atomic E-state index is 0.158. The van der Waals surface area contributed by atoms with Crippen molar-refractivity contribution in [1.82, 2.24) is 0 Å². The molecule has 1 atom stereocenters. The molecule has 3 heteroatoms. The van der Waals surface area contributed by atoms with Crippen LogP contribution in [0.15, 0.2) is 22.7 Å². The number of rotatable bonds is 3. The van der Waals surface area contributed by atoms with Gasteiger partial charge in [-0.25, -0.2) is 6.57 Å². The third-order valence-electron chi connectivity index (χ3n) is 1.92. The first-order valence-electron chi connectivity index (χ1n) is 4.47. The second kappa shape index (κ2) is 5.02. The fraction of sp³-hybridized carbons (Fsp3) is 0.364. The molecule has 14 heavy (non-hydrogen) atoms. The van der Waals surface area contributed by atoms with Gasteiger partial charge < -0.3 is 9.58 Å². The minimum atomic E-state index is -0.158. The molecule has 0 fully saturated rings. The molecule has 0 bridgehead atoms. The highest BCUT2D eigenvalue weighted by Gasteiger charge is 2.15. The number of halogens is 1. The Morgan fingerprint density at radius 2 is 2.29 bits per heavy atom. The molecule has 0 aliphatic rings. The van der Waals surface area contributed by atoms with Gasteiger partial charge in [0.1, 0.15) is 5.75 Å². The van der Waals surface area contributed by atoms with Crippen molar-refractivity contribution in [2.45, 2.75) is 19.9 Å². The van der Waals surface area contributed by atoms with E-state index in [2.05, 4.69) is 20.8 Å². The Labute approximate surface area is 92.8 Å². The van der Waals surface area contributed by atoms with Crippen LogP contribution in [-0.2, 0) is 0 Å². The second-order valence-corrected chi connectivity index (χ2v) is 3.84. The molecule has 0 saturated heterocycles. The molecule has 1 aromatic carbocycles. The third-order valence-corrected chi connectivity index (χ3v) is 2.41. The maximum absolute atomic E-state index is 7.00. The molecule has 0 aliphatic carbocycles. The molecule has 0 N–H and O–H groups in total. The molecule has 74 valence electrons. The van der Waals surface area contributed by atoms with Crippen molar-refractivity contribution < 1.29 is 4.74 Å². The smallest absolute Gasteiger partial charge is 0.249 e. The van der Waals surface area contributed by atoms with Crippen molar-refractivity contribution >= 4 is 15.9 Å². The normalized spacial score (nSPS) is 11.9. The molecule has 0 heterocycles. The quantitative estimate of drug-likeness (QED) is 0.747. The monoisotopic (exact) mass is 253 g/mol. The molecule has 1 unspecified atom stereocenters. The lowest BCUT2D eigenvalue weighted by molar-refractivity contribution is 0.336. The predicted molar refractivity (Wildman–Crippen MR) is 60.3 cm³/mol. The van der Waals surface area contributed by atoms with E-state index in [-0.39, 0.29) is 6.04 Å². The van der Waals surface area contributed by atoms with Gasteiger partial charge in [0.2, 0.25) is 6.04 Å². The third kappa shape index (κ3) is 2.49. The predicted octanol–water partition coefficient (Wildman–Crippen LogP) is 3.83. The van der Waals surface area contributed by atoms with Gasteiger partial charge in [-0.2, -0.15) is 0 Å². The maximum atomic E-state index is 7.00. The van der Waals surface area contributed by atoms with Crippen LogP contribution in [0, 0.1) is 6.57 Å². The van der Waals surface area contributed by atoms with Gasteiger partial charge in [0.05, 0.1) is 12.2 Å². The summed E-state index contributed by atoms with van der Waals surface area (Å²) < 4.78 is 6.43. The molecule has 0 amide bonds. The highest BCUT2D eigenvalue weighted by molar-refractivity contribution is 9.10. The molecule has 0 saturated carbocycles. The topological polar surface area (TPSA) is 13.6 Å². The lowest BCUT2D eigenvalue weighted by Gasteiger charge is -2.09. The van der Waals surface area contributed by atoms with Crippen LogP contribution < -0.4 is 4.74 Å². The Bertz CT molecular complexity index is 357.